The Morgan fingerprint density at radius 3 is 0.816 bits per heavy atom. The highest BCUT2D eigenvalue weighted by Gasteiger charge is 2.19. The molecule has 1 rings (SSSR count). The molecule has 0 saturated carbocycles. The van der Waals surface area contributed by atoms with E-state index >= 15 is 0 Å². The van der Waals surface area contributed by atoms with E-state index in [1.54, 1.807) is 0 Å². The van der Waals surface area contributed by atoms with E-state index in [2.05, 4.69) is 0 Å². The van der Waals surface area contributed by atoms with E-state index in [0.717, 1.165) is 23.8 Å². The van der Waals surface area contributed by atoms with Gasteiger partial charge in [-0.1, -0.05) is 0 Å². The van der Waals surface area contributed by atoms with Gasteiger partial charge in [0.15, 0.2) is 11.6 Å². The lowest BCUT2D eigenvalue weighted by Gasteiger charge is -2.25. The van der Waals surface area contributed by atoms with Gasteiger partial charge in [-0.3, -0.25) is 0 Å². The molecule has 0 aromatic carbocycles. The summed E-state index contributed by atoms with van der Waals surface area (Å²) in [5.41, 5.74) is 1.16. The van der Waals surface area contributed by atoms with E-state index < -0.39 is 0 Å². The molecule has 13 nitrogen and oxygen atoms in total. The number of guanidine groups is 4. The summed E-state index contributed by atoms with van der Waals surface area (Å²) in [5, 5.41) is 0. The molecule has 0 N–H and O–H groups in total. The topological polar surface area (TPSA) is 88.2 Å². The number of hydrogen-bond donors (Lipinski definition) is 0. The molecule has 0 fully saturated rings. The summed E-state index contributed by atoms with van der Waals surface area (Å²) >= 11 is 0. The molecular weight excluding hydrogens is 482 g/mol. The zero-order chi connectivity index (χ0) is 29.5. The van der Waals surface area contributed by atoms with Crippen LogP contribution >= 0.6 is 0 Å². The first-order valence-electron chi connectivity index (χ1n) is 12.3. The molecule has 0 amide bonds. The quantitative estimate of drug-likeness (QED) is 0.424. The van der Waals surface area contributed by atoms with Crippen LogP contribution in [0.5, 0.6) is 0 Å². The second-order valence-corrected chi connectivity index (χ2v) is 10.5. The molecule has 0 aliphatic rings. The lowest BCUT2D eigenvalue weighted by molar-refractivity contribution is 0.482. The zero-order valence-corrected chi connectivity index (χ0v) is 26.4. The van der Waals surface area contributed by atoms with Crippen LogP contribution < -0.4 is 0 Å². The van der Waals surface area contributed by atoms with Gasteiger partial charge in [-0.05, 0) is 6.07 Å². The summed E-state index contributed by atoms with van der Waals surface area (Å²) in [4.78, 5) is 40.3. The Kier molecular flexibility index (Phi) is 11.6. The number of pyridine rings is 1. The predicted molar refractivity (Wildman–Crippen MR) is 162 cm³/mol. The molecule has 0 aliphatic carbocycles. The van der Waals surface area contributed by atoms with Crippen molar-refractivity contribution in [3.8, 4) is 0 Å². The van der Waals surface area contributed by atoms with E-state index in [9.17, 15) is 0 Å². The molecule has 1 aromatic rings. The molecule has 0 bridgehead atoms. The largest absolute Gasteiger partial charge is 0.349 e. The van der Waals surface area contributed by atoms with Crippen LogP contribution in [0.1, 0.15) is 0 Å². The van der Waals surface area contributed by atoms with Crippen LogP contribution in [0.3, 0.4) is 0 Å². The second kappa shape index (κ2) is 13.7. The fourth-order valence-electron chi connectivity index (χ4n) is 3.61. The van der Waals surface area contributed by atoms with E-state index in [1.807, 2.05) is 158 Å². The summed E-state index contributed by atoms with van der Waals surface area (Å²) in [6.07, 6.45) is 0. The molecule has 0 aliphatic heterocycles. The lowest BCUT2D eigenvalue weighted by Crippen LogP contribution is -2.35. The van der Waals surface area contributed by atoms with Gasteiger partial charge in [0, 0.05) is 113 Å². The highest BCUT2D eigenvalue weighted by Crippen LogP contribution is 2.38. The van der Waals surface area contributed by atoms with Crippen molar-refractivity contribution in [2.24, 2.45) is 20.0 Å². The highest BCUT2D eigenvalue weighted by atomic mass is 15.4. The Bertz CT molecular complexity index is 843. The van der Waals surface area contributed by atoms with Gasteiger partial charge in [-0.15, -0.1) is 0 Å². The number of hydrogen-bond acceptors (Lipinski definition) is 5. The normalized spacial score (nSPS) is 10.1. The van der Waals surface area contributed by atoms with Gasteiger partial charge in [0.1, 0.15) is 11.4 Å². The SMILES string of the molecule is CN(C)C(=Nc1cc(N=C(N(C)C)N(C)C)c(N=C(N(C)C)N(C)C)nc1N=C(N(C)C)N(C)C)N(C)C. The molecule has 0 saturated heterocycles. The molecule has 1 heterocycles. The van der Waals surface area contributed by atoms with Crippen LogP contribution in [0.25, 0.3) is 0 Å². The molecular formula is C25H49N13. The number of nitrogens with zero attached hydrogens (tertiary/aromatic N) is 13. The summed E-state index contributed by atoms with van der Waals surface area (Å²) < 4.78 is 0. The zero-order valence-electron chi connectivity index (χ0n) is 26.4. The van der Waals surface area contributed by atoms with Crippen LogP contribution in [-0.4, -0.2) is 181 Å². The Morgan fingerprint density at radius 1 is 0.395 bits per heavy atom. The standard InChI is InChI=1S/C25H49N13/c1-31(2)22(32(3)4)26-18-17-19(27-23(33(5)6)34(7)8)21(30-25(37(13)14)38(15)16)28-20(18)29-24(35(9)10)36(11)12/h17H,1-16H3. The smallest absolute Gasteiger partial charge is 0.202 e. The minimum atomic E-state index is 0.439. The lowest BCUT2D eigenvalue weighted by atomic mass is 10.3. The Balaban J connectivity index is 4.33. The first-order valence-corrected chi connectivity index (χ1v) is 12.3. The van der Waals surface area contributed by atoms with Crippen molar-refractivity contribution in [2.45, 2.75) is 0 Å². The fraction of sp³-hybridized carbons (Fsp3) is 0.640. The molecule has 1 aromatic heterocycles. The van der Waals surface area contributed by atoms with Crippen LogP contribution in [0.15, 0.2) is 26.0 Å². The molecule has 38 heavy (non-hydrogen) atoms. The molecule has 0 radical (unpaired) electrons. The highest BCUT2D eigenvalue weighted by molar-refractivity contribution is 5.91. The molecule has 0 atom stereocenters. The van der Waals surface area contributed by atoms with Gasteiger partial charge in [0.05, 0.1) is 0 Å². The van der Waals surface area contributed by atoms with Crippen molar-refractivity contribution in [3.05, 3.63) is 6.07 Å². The van der Waals surface area contributed by atoms with Crippen molar-refractivity contribution in [2.75, 3.05) is 113 Å². The predicted octanol–water partition coefficient (Wildman–Crippen LogP) is 1.52. The van der Waals surface area contributed by atoms with E-state index in [4.69, 9.17) is 25.0 Å². The molecule has 13 heteroatoms. The summed E-state index contributed by atoms with van der Waals surface area (Å²) in [5.74, 6) is 3.81. The number of aromatic nitrogens is 1. The Hall–Kier alpha value is -3.77. The van der Waals surface area contributed by atoms with Gasteiger partial charge in [0.25, 0.3) is 0 Å². The second-order valence-electron chi connectivity index (χ2n) is 10.5. The van der Waals surface area contributed by atoms with Gasteiger partial charge in [0.2, 0.25) is 23.8 Å². The van der Waals surface area contributed by atoms with E-state index in [0.29, 0.717) is 23.0 Å². The minimum absolute atomic E-state index is 0.439. The Morgan fingerprint density at radius 2 is 0.605 bits per heavy atom. The van der Waals surface area contributed by atoms with Gasteiger partial charge < -0.3 is 39.2 Å². The maximum Gasteiger partial charge on any atom is 0.202 e. The average Bonchev–Trinajstić information content (AvgIpc) is 2.76. The summed E-state index contributed by atoms with van der Waals surface area (Å²) in [6.45, 7) is 0. The van der Waals surface area contributed by atoms with Crippen LogP contribution in [-0.2, 0) is 0 Å². The minimum Gasteiger partial charge on any atom is -0.349 e. The first kappa shape index (κ1) is 32.3. The van der Waals surface area contributed by atoms with Gasteiger partial charge in [-0.2, -0.15) is 9.98 Å². The molecule has 214 valence electrons. The first-order chi connectivity index (χ1) is 17.5. The third kappa shape index (κ3) is 8.67. The van der Waals surface area contributed by atoms with Crippen molar-refractivity contribution in [3.63, 3.8) is 0 Å². The van der Waals surface area contributed by atoms with Gasteiger partial charge in [-0.25, -0.2) is 15.0 Å². The molecule has 0 unspecified atom stereocenters. The summed E-state index contributed by atoms with van der Waals surface area (Å²) in [7, 11) is 31.2. The van der Waals surface area contributed by atoms with E-state index in [1.165, 1.54) is 0 Å². The third-order valence-corrected chi connectivity index (χ3v) is 5.00. The van der Waals surface area contributed by atoms with Crippen LogP contribution in [0.2, 0.25) is 0 Å². The van der Waals surface area contributed by atoms with Crippen LogP contribution in [0.4, 0.5) is 23.0 Å². The van der Waals surface area contributed by atoms with Crippen LogP contribution in [0, 0.1) is 0 Å². The maximum atomic E-state index is 4.97. The van der Waals surface area contributed by atoms with E-state index in [-0.39, 0.29) is 0 Å². The van der Waals surface area contributed by atoms with Crippen molar-refractivity contribution in [1.82, 2.24) is 44.2 Å². The number of rotatable bonds is 4. The van der Waals surface area contributed by atoms with Crippen molar-refractivity contribution >= 4 is 46.8 Å². The van der Waals surface area contributed by atoms with Crippen molar-refractivity contribution in [1.29, 1.82) is 0 Å². The fourth-order valence-corrected chi connectivity index (χ4v) is 3.61. The average molecular weight is 532 g/mol. The number of aliphatic imine (C=N–C) groups is 4. The molecule has 0 spiro atoms. The third-order valence-electron chi connectivity index (χ3n) is 5.00. The monoisotopic (exact) mass is 531 g/mol. The van der Waals surface area contributed by atoms with Crippen molar-refractivity contribution < 1.29 is 0 Å². The summed E-state index contributed by atoms with van der Waals surface area (Å²) in [6, 6.07) is 1.90. The maximum absolute atomic E-state index is 4.97. The van der Waals surface area contributed by atoms with Gasteiger partial charge >= 0.3 is 0 Å². The Labute approximate surface area is 230 Å².